The van der Waals surface area contributed by atoms with Crippen molar-refractivity contribution >= 4 is 18.7 Å². The van der Waals surface area contributed by atoms with Crippen LogP contribution in [0.2, 0.25) is 11.3 Å². The fraction of sp³-hybridized carbons (Fsp3) is 0.500. The van der Waals surface area contributed by atoms with Crippen molar-refractivity contribution in [3.05, 3.63) is 47.5 Å². The molecule has 2 rings (SSSR count). The average Bonchev–Trinajstić information content (AvgIpc) is 2.56. The third-order valence-electron chi connectivity index (χ3n) is 4.33. The molecular formula is C16H22BClO2. The lowest BCUT2D eigenvalue weighted by Crippen LogP contribution is -2.41. The highest BCUT2D eigenvalue weighted by Crippen LogP contribution is 2.39. The first-order valence-corrected chi connectivity index (χ1v) is 7.36. The molecular weight excluding hydrogens is 270 g/mol. The van der Waals surface area contributed by atoms with Gasteiger partial charge in [0.15, 0.2) is 0 Å². The summed E-state index contributed by atoms with van der Waals surface area (Å²) in [6.45, 7) is 12.2. The number of benzene rings is 1. The molecule has 1 atom stereocenters. The van der Waals surface area contributed by atoms with Crippen LogP contribution in [0.1, 0.15) is 39.2 Å². The summed E-state index contributed by atoms with van der Waals surface area (Å²) in [6.07, 6.45) is 2.70. The molecule has 0 aliphatic carbocycles. The van der Waals surface area contributed by atoms with Gasteiger partial charge in [-0.3, -0.25) is 0 Å². The van der Waals surface area contributed by atoms with E-state index in [2.05, 4.69) is 34.3 Å². The Morgan fingerprint density at radius 2 is 1.65 bits per heavy atom. The van der Waals surface area contributed by atoms with Gasteiger partial charge in [-0.25, -0.2) is 0 Å². The van der Waals surface area contributed by atoms with Crippen LogP contribution in [0.3, 0.4) is 0 Å². The van der Waals surface area contributed by atoms with E-state index in [-0.39, 0.29) is 24.2 Å². The lowest BCUT2D eigenvalue weighted by molar-refractivity contribution is 0.00578. The van der Waals surface area contributed by atoms with Crippen molar-refractivity contribution in [1.82, 2.24) is 0 Å². The number of hydrogen-bond donors (Lipinski definition) is 0. The van der Waals surface area contributed by atoms with E-state index in [4.69, 9.17) is 20.9 Å². The van der Waals surface area contributed by atoms with Crippen molar-refractivity contribution in [2.24, 2.45) is 0 Å². The molecule has 1 fully saturated rings. The van der Waals surface area contributed by atoms with Crippen molar-refractivity contribution in [2.45, 2.75) is 51.1 Å². The van der Waals surface area contributed by atoms with Gasteiger partial charge in [-0.2, -0.15) is 0 Å². The van der Waals surface area contributed by atoms with Crippen LogP contribution in [-0.4, -0.2) is 18.3 Å². The second-order valence-electron chi connectivity index (χ2n) is 6.32. The smallest absolute Gasteiger partial charge is 0.403 e. The third kappa shape index (κ3) is 3.11. The molecule has 1 aliphatic rings. The van der Waals surface area contributed by atoms with Crippen molar-refractivity contribution in [3.63, 3.8) is 0 Å². The van der Waals surface area contributed by atoms with Crippen LogP contribution in [0.25, 0.3) is 0 Å². The van der Waals surface area contributed by atoms with E-state index < -0.39 is 0 Å². The zero-order chi connectivity index (χ0) is 15.0. The highest BCUT2D eigenvalue weighted by molar-refractivity contribution is 6.45. The van der Waals surface area contributed by atoms with Gasteiger partial charge in [0.2, 0.25) is 0 Å². The Morgan fingerprint density at radius 3 is 2.10 bits per heavy atom. The summed E-state index contributed by atoms with van der Waals surface area (Å²) in [7, 11) is -0.210. The molecule has 1 saturated heterocycles. The minimum absolute atomic E-state index is 0.196. The number of halogens is 1. The number of rotatable bonds is 4. The van der Waals surface area contributed by atoms with Gasteiger partial charge in [-0.15, -0.1) is 6.58 Å². The van der Waals surface area contributed by atoms with Gasteiger partial charge in [-0.1, -0.05) is 29.8 Å². The molecule has 2 nitrogen and oxygen atoms in total. The summed E-state index contributed by atoms with van der Waals surface area (Å²) in [5.41, 5.74) is 0.603. The maximum atomic E-state index is 6.05. The van der Waals surface area contributed by atoms with Crippen molar-refractivity contribution in [1.29, 1.82) is 0 Å². The normalized spacial score (nSPS) is 21.8. The third-order valence-corrected chi connectivity index (χ3v) is 4.58. The van der Waals surface area contributed by atoms with Gasteiger partial charge >= 0.3 is 7.12 Å². The second kappa shape index (κ2) is 5.55. The number of allylic oxidation sites excluding steroid dienone is 1. The molecule has 0 aromatic heterocycles. The van der Waals surface area contributed by atoms with Gasteiger partial charge in [0.05, 0.1) is 11.2 Å². The van der Waals surface area contributed by atoms with E-state index in [0.717, 1.165) is 11.3 Å². The zero-order valence-corrected chi connectivity index (χ0v) is 13.4. The zero-order valence-electron chi connectivity index (χ0n) is 12.7. The predicted octanol–water partition coefficient (Wildman–Crippen LogP) is 4.70. The van der Waals surface area contributed by atoms with Crippen LogP contribution in [0, 0.1) is 0 Å². The fourth-order valence-electron chi connectivity index (χ4n) is 2.35. The Kier molecular flexibility index (Phi) is 4.34. The van der Waals surface area contributed by atoms with Gasteiger partial charge in [0.1, 0.15) is 0 Å². The first-order valence-electron chi connectivity index (χ1n) is 6.99. The molecule has 0 spiro atoms. The fourth-order valence-corrected chi connectivity index (χ4v) is 2.47. The van der Waals surface area contributed by atoms with Crippen LogP contribution >= 0.6 is 11.6 Å². The van der Waals surface area contributed by atoms with Crippen LogP contribution in [-0.2, 0) is 9.31 Å². The van der Waals surface area contributed by atoms with Crippen LogP contribution in [0.4, 0.5) is 0 Å². The Hall–Kier alpha value is -0.765. The molecule has 1 aromatic carbocycles. The molecule has 1 aliphatic heterocycles. The van der Waals surface area contributed by atoms with Crippen LogP contribution in [0.15, 0.2) is 36.9 Å². The van der Waals surface area contributed by atoms with Crippen molar-refractivity contribution in [2.75, 3.05) is 0 Å². The highest BCUT2D eigenvalue weighted by Gasteiger charge is 2.51. The predicted molar refractivity (Wildman–Crippen MR) is 85.3 cm³/mol. The molecule has 0 N–H and O–H groups in total. The Balaban J connectivity index is 2.09. The summed E-state index contributed by atoms with van der Waals surface area (Å²) in [5, 5.41) is 0.743. The lowest BCUT2D eigenvalue weighted by atomic mass is 9.75. The maximum absolute atomic E-state index is 6.05. The first-order chi connectivity index (χ1) is 9.25. The van der Waals surface area contributed by atoms with E-state index >= 15 is 0 Å². The number of hydrogen-bond acceptors (Lipinski definition) is 2. The molecule has 0 amide bonds. The quantitative estimate of drug-likeness (QED) is 0.591. The summed E-state index contributed by atoms with van der Waals surface area (Å²) < 4.78 is 12.1. The summed E-state index contributed by atoms with van der Waals surface area (Å²) in [6, 6.07) is 7.86. The SMILES string of the molecule is C=CC(CB1OC(C)(C)C(C)(C)O1)c1ccc(Cl)cc1. The summed E-state index contributed by atoms with van der Waals surface area (Å²) in [5.74, 6) is 0.196. The Morgan fingerprint density at radius 1 is 1.15 bits per heavy atom. The topological polar surface area (TPSA) is 18.5 Å². The van der Waals surface area contributed by atoms with Crippen molar-refractivity contribution < 1.29 is 9.31 Å². The molecule has 108 valence electrons. The largest absolute Gasteiger partial charge is 0.458 e. The molecule has 0 bridgehead atoms. The first kappa shape index (κ1) is 15.6. The molecule has 20 heavy (non-hydrogen) atoms. The minimum atomic E-state index is -0.288. The van der Waals surface area contributed by atoms with Crippen molar-refractivity contribution in [3.8, 4) is 0 Å². The summed E-state index contributed by atoms with van der Waals surface area (Å²) >= 11 is 5.93. The average molecular weight is 293 g/mol. The van der Waals surface area contributed by atoms with E-state index in [1.165, 1.54) is 5.56 Å². The van der Waals surface area contributed by atoms with Gasteiger partial charge < -0.3 is 9.31 Å². The Labute approximate surface area is 127 Å². The minimum Gasteiger partial charge on any atom is -0.403 e. The van der Waals surface area contributed by atoms with Gasteiger partial charge in [-0.05, 0) is 51.7 Å². The van der Waals surface area contributed by atoms with Gasteiger partial charge in [0.25, 0.3) is 0 Å². The van der Waals surface area contributed by atoms with E-state index in [1.807, 2.05) is 30.3 Å². The monoisotopic (exact) mass is 292 g/mol. The van der Waals surface area contributed by atoms with E-state index in [9.17, 15) is 0 Å². The molecule has 1 heterocycles. The van der Waals surface area contributed by atoms with Gasteiger partial charge in [0, 0.05) is 10.9 Å². The van der Waals surface area contributed by atoms with Crippen LogP contribution in [0.5, 0.6) is 0 Å². The lowest BCUT2D eigenvalue weighted by Gasteiger charge is -2.32. The Bertz CT molecular complexity index is 466. The van der Waals surface area contributed by atoms with Crippen LogP contribution < -0.4 is 0 Å². The molecule has 0 radical (unpaired) electrons. The molecule has 4 heteroatoms. The summed E-state index contributed by atoms with van der Waals surface area (Å²) in [4.78, 5) is 0. The highest BCUT2D eigenvalue weighted by atomic mass is 35.5. The molecule has 1 unspecified atom stereocenters. The van der Waals surface area contributed by atoms with E-state index in [0.29, 0.717) is 0 Å². The maximum Gasteiger partial charge on any atom is 0.458 e. The van der Waals surface area contributed by atoms with E-state index in [1.54, 1.807) is 0 Å². The molecule has 0 saturated carbocycles. The molecule has 1 aromatic rings. The standard InChI is InChI=1S/C16H22BClO2/c1-6-12(13-7-9-14(18)10-8-13)11-17-19-15(2,3)16(4,5)20-17/h6-10,12H,1,11H2,2-5H3. The second-order valence-corrected chi connectivity index (χ2v) is 6.75.